The SMILES string of the molecule is CSc1nc([O-])c2[n+](n1)C(c1ccc3c(c1)OCO3)N(C(C)=O)c1ccc(Br)cc1-2. The smallest absolute Gasteiger partial charge is 0.293 e. The second-order valence-electron chi connectivity index (χ2n) is 6.73. The molecule has 0 fully saturated rings. The maximum atomic E-state index is 13.0. The average molecular weight is 487 g/mol. The van der Waals surface area contributed by atoms with Gasteiger partial charge in [0.05, 0.1) is 17.1 Å². The van der Waals surface area contributed by atoms with Crippen molar-refractivity contribution in [2.75, 3.05) is 17.9 Å². The predicted octanol–water partition coefficient (Wildman–Crippen LogP) is 2.63. The lowest BCUT2D eigenvalue weighted by Crippen LogP contribution is -2.58. The number of thioether (sulfide) groups is 1. The molecule has 5 rings (SSSR count). The Morgan fingerprint density at radius 3 is 2.83 bits per heavy atom. The number of anilines is 1. The fourth-order valence-corrected chi connectivity index (χ4v) is 4.46. The lowest BCUT2D eigenvalue weighted by Gasteiger charge is -2.33. The van der Waals surface area contributed by atoms with Gasteiger partial charge in [0.15, 0.2) is 11.5 Å². The molecule has 30 heavy (non-hydrogen) atoms. The molecule has 0 aliphatic carbocycles. The number of hydrogen-bond acceptors (Lipinski definition) is 7. The first-order chi connectivity index (χ1) is 14.5. The Kier molecular flexibility index (Phi) is 4.55. The van der Waals surface area contributed by atoms with Crippen molar-refractivity contribution < 1.29 is 24.1 Å². The fraction of sp³-hybridized carbons (Fsp3) is 0.200. The van der Waals surface area contributed by atoms with Crippen molar-refractivity contribution in [1.82, 2.24) is 10.1 Å². The van der Waals surface area contributed by atoms with Gasteiger partial charge in [-0.2, -0.15) is 0 Å². The molecule has 2 aromatic carbocycles. The molecule has 3 heterocycles. The Morgan fingerprint density at radius 1 is 1.27 bits per heavy atom. The maximum Gasteiger partial charge on any atom is 0.293 e. The highest BCUT2D eigenvalue weighted by Gasteiger charge is 2.44. The monoisotopic (exact) mass is 486 g/mol. The van der Waals surface area contributed by atoms with Crippen LogP contribution in [-0.4, -0.2) is 29.0 Å². The van der Waals surface area contributed by atoms with E-state index < -0.39 is 12.0 Å². The number of carbonyl (C=O) groups is 1. The van der Waals surface area contributed by atoms with Gasteiger partial charge in [-0.3, -0.25) is 4.79 Å². The van der Waals surface area contributed by atoms with Crippen molar-refractivity contribution in [3.8, 4) is 28.6 Å². The van der Waals surface area contributed by atoms with Gasteiger partial charge in [0.1, 0.15) is 0 Å². The number of halogens is 1. The number of nitrogens with zero attached hydrogens (tertiary/aromatic N) is 4. The zero-order valence-corrected chi connectivity index (χ0v) is 18.4. The molecular formula is C20H15BrN4O4S. The number of rotatable bonds is 2. The van der Waals surface area contributed by atoms with E-state index >= 15 is 0 Å². The second kappa shape index (κ2) is 7.13. The van der Waals surface area contributed by atoms with Gasteiger partial charge in [-0.1, -0.05) is 32.4 Å². The average Bonchev–Trinajstić information content (AvgIpc) is 3.19. The largest absolute Gasteiger partial charge is 0.854 e. The Bertz CT molecular complexity index is 1210. The molecule has 1 amide bonds. The number of amides is 1. The first-order valence-electron chi connectivity index (χ1n) is 9.02. The van der Waals surface area contributed by atoms with E-state index in [1.165, 1.54) is 18.7 Å². The summed E-state index contributed by atoms with van der Waals surface area (Å²) in [6, 6.07) is 10.9. The van der Waals surface area contributed by atoms with Crippen molar-refractivity contribution in [3.05, 3.63) is 46.4 Å². The van der Waals surface area contributed by atoms with Crippen molar-refractivity contribution in [3.63, 3.8) is 0 Å². The van der Waals surface area contributed by atoms with Gasteiger partial charge in [-0.05, 0) is 42.7 Å². The van der Waals surface area contributed by atoms with E-state index in [9.17, 15) is 9.90 Å². The number of benzene rings is 2. The standard InChI is InChI=1S/C20H15BrN4O4S/c1-10(26)24-14-5-4-12(21)8-13(14)17-18(27)22-20(30-2)23-25(17)19(24)11-3-6-15-16(7-11)29-9-28-15/h3-8,19H,9H2,1-2H3. The molecule has 0 radical (unpaired) electrons. The third-order valence-electron chi connectivity index (χ3n) is 4.99. The van der Waals surface area contributed by atoms with Gasteiger partial charge >= 0.3 is 0 Å². The Morgan fingerprint density at radius 2 is 2.07 bits per heavy atom. The molecular weight excluding hydrogens is 472 g/mol. The highest BCUT2D eigenvalue weighted by molar-refractivity contribution is 9.10. The fourth-order valence-electron chi connectivity index (χ4n) is 3.76. The first kappa shape index (κ1) is 19.1. The first-order valence-corrected chi connectivity index (χ1v) is 11.0. The highest BCUT2D eigenvalue weighted by atomic mass is 79.9. The molecule has 2 aliphatic heterocycles. The number of aromatic nitrogens is 3. The summed E-state index contributed by atoms with van der Waals surface area (Å²) >= 11 is 4.72. The summed E-state index contributed by atoms with van der Waals surface area (Å²) in [6.45, 7) is 1.64. The minimum Gasteiger partial charge on any atom is -0.854 e. The zero-order valence-electron chi connectivity index (χ0n) is 16.0. The summed E-state index contributed by atoms with van der Waals surface area (Å²) in [5.41, 5.74) is 2.27. The summed E-state index contributed by atoms with van der Waals surface area (Å²) in [5, 5.41) is 17.9. The number of fused-ring (bicyclic) bond motifs is 4. The van der Waals surface area contributed by atoms with E-state index in [2.05, 4.69) is 26.0 Å². The van der Waals surface area contributed by atoms with Gasteiger partial charge < -0.3 is 14.6 Å². The van der Waals surface area contributed by atoms with Crippen LogP contribution in [0.1, 0.15) is 18.7 Å². The minimum absolute atomic E-state index is 0.143. The minimum atomic E-state index is -0.678. The van der Waals surface area contributed by atoms with Gasteiger partial charge in [0, 0.05) is 22.1 Å². The lowest BCUT2D eigenvalue weighted by atomic mass is 10.0. The van der Waals surface area contributed by atoms with E-state index in [1.54, 1.807) is 28.0 Å². The summed E-state index contributed by atoms with van der Waals surface area (Å²) in [7, 11) is 0. The third kappa shape index (κ3) is 2.90. The summed E-state index contributed by atoms with van der Waals surface area (Å²) in [4.78, 5) is 18.6. The van der Waals surface area contributed by atoms with E-state index in [1.807, 2.05) is 24.3 Å². The molecule has 152 valence electrons. The quantitative estimate of drug-likeness (QED) is 0.406. The lowest BCUT2D eigenvalue weighted by molar-refractivity contribution is -0.764. The van der Waals surface area contributed by atoms with Crippen LogP contribution >= 0.6 is 27.7 Å². The van der Waals surface area contributed by atoms with E-state index in [4.69, 9.17) is 9.47 Å². The molecule has 8 nitrogen and oxygen atoms in total. The molecule has 0 spiro atoms. The van der Waals surface area contributed by atoms with Crippen LogP contribution in [0.3, 0.4) is 0 Å². The molecule has 1 aromatic heterocycles. The van der Waals surface area contributed by atoms with Crippen molar-refractivity contribution in [2.45, 2.75) is 18.2 Å². The van der Waals surface area contributed by atoms with Gasteiger partial charge in [-0.25, -0.2) is 9.88 Å². The van der Waals surface area contributed by atoms with Crippen molar-refractivity contribution >= 4 is 39.3 Å². The van der Waals surface area contributed by atoms with Crippen LogP contribution < -0.4 is 24.2 Å². The number of ether oxygens (including phenoxy) is 2. The second-order valence-corrected chi connectivity index (χ2v) is 8.42. The summed E-state index contributed by atoms with van der Waals surface area (Å²) in [5.74, 6) is 0.635. The van der Waals surface area contributed by atoms with Crippen LogP contribution in [0.5, 0.6) is 17.4 Å². The predicted molar refractivity (Wildman–Crippen MR) is 110 cm³/mol. The van der Waals surface area contributed by atoms with Crippen LogP contribution in [-0.2, 0) is 4.79 Å². The summed E-state index contributed by atoms with van der Waals surface area (Å²) < 4.78 is 13.3. The van der Waals surface area contributed by atoms with Crippen LogP contribution in [0.15, 0.2) is 46.0 Å². The Hall–Kier alpha value is -2.85. The molecule has 3 aromatic rings. The Balaban J connectivity index is 1.82. The summed E-state index contributed by atoms with van der Waals surface area (Å²) in [6.07, 6.45) is 1.12. The molecule has 0 N–H and O–H groups in total. The maximum absolute atomic E-state index is 13.0. The van der Waals surface area contributed by atoms with Gasteiger partial charge in [0.2, 0.25) is 12.7 Å². The molecule has 0 bridgehead atoms. The normalized spacial score (nSPS) is 16.2. The Labute approximate surface area is 184 Å². The third-order valence-corrected chi connectivity index (χ3v) is 6.02. The number of carbonyl (C=O) groups excluding carboxylic acids is 1. The highest BCUT2D eigenvalue weighted by Crippen LogP contribution is 2.43. The van der Waals surface area contributed by atoms with E-state index in [0.717, 1.165) is 10.0 Å². The van der Waals surface area contributed by atoms with Gasteiger partial charge in [0.25, 0.3) is 17.0 Å². The van der Waals surface area contributed by atoms with Crippen LogP contribution in [0.4, 0.5) is 5.69 Å². The van der Waals surface area contributed by atoms with Gasteiger partial charge in [-0.15, -0.1) is 0 Å². The van der Waals surface area contributed by atoms with E-state index in [0.29, 0.717) is 33.6 Å². The zero-order chi connectivity index (χ0) is 21.0. The molecule has 2 aliphatic rings. The topological polar surface area (TPSA) is 91.5 Å². The van der Waals surface area contributed by atoms with Crippen molar-refractivity contribution in [1.29, 1.82) is 0 Å². The molecule has 1 unspecified atom stereocenters. The molecule has 0 saturated heterocycles. The van der Waals surface area contributed by atoms with Crippen molar-refractivity contribution in [2.24, 2.45) is 0 Å². The molecule has 0 saturated carbocycles. The van der Waals surface area contributed by atoms with Crippen LogP contribution in [0.25, 0.3) is 11.3 Å². The van der Waals surface area contributed by atoms with Crippen LogP contribution in [0.2, 0.25) is 0 Å². The molecule has 10 heteroatoms. The van der Waals surface area contributed by atoms with E-state index in [-0.39, 0.29) is 12.7 Å². The van der Waals surface area contributed by atoms with Crippen LogP contribution in [0, 0.1) is 0 Å². The molecule has 1 atom stereocenters. The number of hydrogen-bond donors (Lipinski definition) is 0.